The number of ether oxygens (including phenoxy) is 1. The van der Waals surface area contributed by atoms with E-state index in [1.807, 2.05) is 6.92 Å². The Balaban J connectivity index is 4.35. The minimum atomic E-state index is -0.211. The quantitative estimate of drug-likeness (QED) is 0.291. The Hall–Kier alpha value is -1.31. The van der Waals surface area contributed by atoms with Crippen LogP contribution in [0.25, 0.3) is 0 Å². The molecule has 0 aromatic rings. The Morgan fingerprint density at radius 1 is 0.905 bits per heavy atom. The van der Waals surface area contributed by atoms with Gasteiger partial charge in [-0.15, -0.1) is 0 Å². The fraction of sp³-hybridized carbons (Fsp3) is 0.632. The molecule has 2 heteroatoms. The Bertz CT molecular complexity index is 382. The molecule has 120 valence electrons. The first-order valence-corrected chi connectivity index (χ1v) is 8.20. The molecule has 0 heterocycles. The van der Waals surface area contributed by atoms with Gasteiger partial charge in [0.1, 0.15) is 0 Å². The van der Waals surface area contributed by atoms with E-state index in [0.717, 1.165) is 38.5 Å². The van der Waals surface area contributed by atoms with Crippen LogP contribution in [0.5, 0.6) is 0 Å². The molecular formula is C19H32O2. The first-order valence-electron chi connectivity index (χ1n) is 8.20. The van der Waals surface area contributed by atoms with Crippen LogP contribution in [0.1, 0.15) is 73.1 Å². The second-order valence-electron chi connectivity index (χ2n) is 5.48. The summed E-state index contributed by atoms with van der Waals surface area (Å²) in [6, 6.07) is 0. The van der Waals surface area contributed by atoms with Gasteiger partial charge in [0.25, 0.3) is 0 Å². The topological polar surface area (TPSA) is 26.3 Å². The van der Waals surface area contributed by atoms with Crippen molar-refractivity contribution in [1.82, 2.24) is 0 Å². The summed E-state index contributed by atoms with van der Waals surface area (Å²) >= 11 is 0. The third-order valence-corrected chi connectivity index (χ3v) is 3.43. The standard InChI is InChI=1S/C19H32O2/c1-6-17(12-9-11-16(4)5)13-10-14-18(7-2)15-19(20)21-8-3/h11,13,15H,6-10,12,14H2,1-5H3/b17-13+,18-15+. The normalized spacial score (nSPS) is 12.2. The molecule has 0 aliphatic heterocycles. The van der Waals surface area contributed by atoms with E-state index in [-0.39, 0.29) is 5.97 Å². The Morgan fingerprint density at radius 2 is 1.48 bits per heavy atom. The maximum Gasteiger partial charge on any atom is 0.330 e. The number of hydrogen-bond acceptors (Lipinski definition) is 2. The molecule has 0 saturated heterocycles. The van der Waals surface area contributed by atoms with Crippen LogP contribution in [-0.2, 0) is 9.53 Å². The third-order valence-electron chi connectivity index (χ3n) is 3.43. The smallest absolute Gasteiger partial charge is 0.330 e. The molecule has 2 nitrogen and oxygen atoms in total. The van der Waals surface area contributed by atoms with Gasteiger partial charge in [-0.25, -0.2) is 4.79 Å². The van der Waals surface area contributed by atoms with Crippen LogP contribution in [0.2, 0.25) is 0 Å². The summed E-state index contributed by atoms with van der Waals surface area (Å²) in [7, 11) is 0. The average molecular weight is 292 g/mol. The summed E-state index contributed by atoms with van der Waals surface area (Å²) in [5.41, 5.74) is 4.07. The van der Waals surface area contributed by atoms with Crippen molar-refractivity contribution in [2.24, 2.45) is 0 Å². The summed E-state index contributed by atoms with van der Waals surface area (Å²) in [4.78, 5) is 11.5. The molecule has 0 unspecified atom stereocenters. The van der Waals surface area contributed by atoms with Crippen molar-refractivity contribution in [1.29, 1.82) is 0 Å². The summed E-state index contributed by atoms with van der Waals surface area (Å²) < 4.78 is 4.96. The van der Waals surface area contributed by atoms with Crippen molar-refractivity contribution in [3.05, 3.63) is 34.9 Å². The monoisotopic (exact) mass is 292 g/mol. The molecule has 0 aromatic heterocycles. The second-order valence-corrected chi connectivity index (χ2v) is 5.48. The van der Waals surface area contributed by atoms with Crippen LogP contribution in [-0.4, -0.2) is 12.6 Å². The Labute approximate surface area is 131 Å². The molecule has 0 fully saturated rings. The zero-order valence-corrected chi connectivity index (χ0v) is 14.5. The van der Waals surface area contributed by atoms with Gasteiger partial charge in [0.2, 0.25) is 0 Å². The molecule has 0 aromatic carbocycles. The fourth-order valence-electron chi connectivity index (χ4n) is 2.13. The number of carbonyl (C=O) groups is 1. The van der Waals surface area contributed by atoms with Crippen LogP contribution in [0, 0.1) is 0 Å². The maximum absolute atomic E-state index is 11.5. The van der Waals surface area contributed by atoms with Gasteiger partial charge in [-0.3, -0.25) is 0 Å². The molecule has 21 heavy (non-hydrogen) atoms. The van der Waals surface area contributed by atoms with Gasteiger partial charge >= 0.3 is 5.97 Å². The number of hydrogen-bond donors (Lipinski definition) is 0. The molecule has 0 radical (unpaired) electrons. The lowest BCUT2D eigenvalue weighted by Gasteiger charge is -2.06. The predicted molar refractivity (Wildman–Crippen MR) is 91.3 cm³/mol. The van der Waals surface area contributed by atoms with Gasteiger partial charge in [-0.05, 0) is 59.3 Å². The fourth-order valence-corrected chi connectivity index (χ4v) is 2.13. The number of esters is 1. The molecule has 0 aliphatic rings. The van der Waals surface area contributed by atoms with Crippen LogP contribution in [0.15, 0.2) is 34.9 Å². The number of allylic oxidation sites excluding steroid dienone is 5. The van der Waals surface area contributed by atoms with E-state index in [0.29, 0.717) is 6.61 Å². The van der Waals surface area contributed by atoms with E-state index in [4.69, 9.17) is 4.74 Å². The van der Waals surface area contributed by atoms with E-state index in [1.165, 1.54) is 16.7 Å². The van der Waals surface area contributed by atoms with Gasteiger partial charge in [0.05, 0.1) is 6.61 Å². The summed E-state index contributed by atoms with van der Waals surface area (Å²) in [6.07, 6.45) is 12.5. The van der Waals surface area contributed by atoms with Crippen molar-refractivity contribution in [3.63, 3.8) is 0 Å². The summed E-state index contributed by atoms with van der Waals surface area (Å²) in [5, 5.41) is 0. The molecular weight excluding hydrogens is 260 g/mol. The second kappa shape index (κ2) is 12.4. The lowest BCUT2D eigenvalue weighted by Crippen LogP contribution is -2.01. The van der Waals surface area contributed by atoms with Crippen molar-refractivity contribution < 1.29 is 9.53 Å². The molecule has 0 bridgehead atoms. The zero-order chi connectivity index (χ0) is 16.1. The lowest BCUT2D eigenvalue weighted by atomic mass is 10.0. The summed E-state index contributed by atoms with van der Waals surface area (Å²) in [6.45, 7) is 10.9. The lowest BCUT2D eigenvalue weighted by molar-refractivity contribution is -0.137. The van der Waals surface area contributed by atoms with Crippen molar-refractivity contribution in [2.75, 3.05) is 6.61 Å². The van der Waals surface area contributed by atoms with E-state index in [2.05, 4.69) is 39.8 Å². The Kier molecular flexibility index (Phi) is 11.7. The van der Waals surface area contributed by atoms with Crippen LogP contribution in [0.4, 0.5) is 0 Å². The molecule has 0 aliphatic carbocycles. The van der Waals surface area contributed by atoms with E-state index < -0.39 is 0 Å². The highest BCUT2D eigenvalue weighted by molar-refractivity contribution is 5.82. The molecule has 0 N–H and O–H groups in total. The van der Waals surface area contributed by atoms with Gasteiger partial charge < -0.3 is 4.74 Å². The van der Waals surface area contributed by atoms with Crippen molar-refractivity contribution in [2.45, 2.75) is 73.1 Å². The van der Waals surface area contributed by atoms with Gasteiger partial charge in [-0.2, -0.15) is 0 Å². The maximum atomic E-state index is 11.5. The summed E-state index contributed by atoms with van der Waals surface area (Å²) in [5.74, 6) is -0.211. The van der Waals surface area contributed by atoms with Crippen molar-refractivity contribution >= 4 is 5.97 Å². The predicted octanol–water partition coefficient (Wildman–Crippen LogP) is 5.75. The van der Waals surface area contributed by atoms with E-state index in [1.54, 1.807) is 6.08 Å². The Morgan fingerprint density at radius 3 is 2.00 bits per heavy atom. The first kappa shape index (κ1) is 19.7. The molecule has 0 saturated carbocycles. The molecule has 0 rings (SSSR count). The minimum absolute atomic E-state index is 0.211. The number of rotatable bonds is 10. The van der Waals surface area contributed by atoms with Crippen molar-refractivity contribution in [3.8, 4) is 0 Å². The van der Waals surface area contributed by atoms with E-state index in [9.17, 15) is 4.79 Å². The van der Waals surface area contributed by atoms with Crippen LogP contribution >= 0.6 is 0 Å². The van der Waals surface area contributed by atoms with E-state index >= 15 is 0 Å². The highest BCUT2D eigenvalue weighted by Gasteiger charge is 2.01. The zero-order valence-electron chi connectivity index (χ0n) is 14.5. The van der Waals surface area contributed by atoms with Gasteiger partial charge in [0, 0.05) is 6.08 Å². The molecule has 0 spiro atoms. The van der Waals surface area contributed by atoms with Gasteiger partial charge in [-0.1, -0.05) is 42.7 Å². The molecule has 0 atom stereocenters. The van der Waals surface area contributed by atoms with Crippen LogP contribution in [0.3, 0.4) is 0 Å². The first-order chi connectivity index (χ1) is 10.0. The molecule has 0 amide bonds. The van der Waals surface area contributed by atoms with Gasteiger partial charge in [0.15, 0.2) is 0 Å². The minimum Gasteiger partial charge on any atom is -0.463 e. The SMILES string of the molecule is CCOC(=O)/C=C(\CC)CC/C=C(\CC)CCC=C(C)C. The average Bonchev–Trinajstić information content (AvgIpc) is 2.44. The van der Waals surface area contributed by atoms with Crippen LogP contribution < -0.4 is 0 Å². The largest absolute Gasteiger partial charge is 0.463 e. The highest BCUT2D eigenvalue weighted by Crippen LogP contribution is 2.16. The number of carbonyl (C=O) groups excluding carboxylic acids is 1. The third kappa shape index (κ3) is 11.1. The highest BCUT2D eigenvalue weighted by atomic mass is 16.5.